The van der Waals surface area contributed by atoms with Crippen LogP contribution in [0.2, 0.25) is 0 Å². The Morgan fingerprint density at radius 3 is 2.31 bits per heavy atom. The highest BCUT2D eigenvalue weighted by Gasteiger charge is 2.26. The molecule has 0 aliphatic rings. The normalized spacial score (nSPS) is 17.8. The predicted molar refractivity (Wildman–Crippen MR) is 67.6 cm³/mol. The van der Waals surface area contributed by atoms with Gasteiger partial charge in [-0.2, -0.15) is 0 Å². The Hall–Kier alpha value is -0.0500. The number of halogens is 1. The summed E-state index contributed by atoms with van der Waals surface area (Å²) in [5.74, 6) is 0.624. The smallest absolute Gasteiger partial charge is 0.0257 e. The van der Waals surface area contributed by atoms with E-state index in [1.807, 2.05) is 0 Å². The molecule has 1 aromatic carbocycles. The molecule has 0 fully saturated rings. The number of alkyl halides is 1. The maximum Gasteiger partial charge on any atom is 0.0257 e. The molecule has 0 spiro atoms. The molecule has 0 saturated carbocycles. The predicted octanol–water partition coefficient (Wildman–Crippen LogP) is 4.39. The first-order valence-corrected chi connectivity index (χ1v) is 5.89. The standard InChI is InChI=1S/C12H17I/c1-4-12(3,13)10(2)11-8-6-5-7-9-11/h5-10H,4H2,1-3H3. The van der Waals surface area contributed by atoms with E-state index in [0.717, 1.165) is 0 Å². The second kappa shape index (κ2) is 4.45. The quantitative estimate of drug-likeness (QED) is 0.571. The van der Waals surface area contributed by atoms with E-state index in [0.29, 0.717) is 9.34 Å². The monoisotopic (exact) mass is 288 g/mol. The van der Waals surface area contributed by atoms with Gasteiger partial charge in [0.1, 0.15) is 0 Å². The van der Waals surface area contributed by atoms with Gasteiger partial charge in [0.25, 0.3) is 0 Å². The van der Waals surface area contributed by atoms with Gasteiger partial charge in [0, 0.05) is 3.42 Å². The summed E-state index contributed by atoms with van der Waals surface area (Å²) in [6.45, 7) is 6.89. The van der Waals surface area contributed by atoms with Gasteiger partial charge in [-0.05, 0) is 24.8 Å². The van der Waals surface area contributed by atoms with Crippen molar-refractivity contribution in [3.63, 3.8) is 0 Å². The van der Waals surface area contributed by atoms with Crippen LogP contribution < -0.4 is 0 Å². The molecule has 13 heavy (non-hydrogen) atoms. The van der Waals surface area contributed by atoms with E-state index in [4.69, 9.17) is 0 Å². The average Bonchev–Trinajstić information content (AvgIpc) is 2.18. The van der Waals surface area contributed by atoms with Crippen LogP contribution in [0.15, 0.2) is 30.3 Å². The Morgan fingerprint density at radius 2 is 1.85 bits per heavy atom. The fourth-order valence-electron chi connectivity index (χ4n) is 1.40. The van der Waals surface area contributed by atoms with Gasteiger partial charge in [0.2, 0.25) is 0 Å². The second-order valence-corrected chi connectivity index (χ2v) is 6.23. The van der Waals surface area contributed by atoms with E-state index in [1.54, 1.807) is 0 Å². The largest absolute Gasteiger partial charge is 0.0785 e. The maximum absolute atomic E-state index is 2.57. The molecule has 0 aliphatic heterocycles. The van der Waals surface area contributed by atoms with Crippen LogP contribution in [0, 0.1) is 0 Å². The fraction of sp³-hybridized carbons (Fsp3) is 0.500. The summed E-state index contributed by atoms with van der Waals surface area (Å²) in [6.07, 6.45) is 1.21. The van der Waals surface area contributed by atoms with Gasteiger partial charge in [-0.1, -0.05) is 66.8 Å². The third kappa shape index (κ3) is 2.70. The summed E-state index contributed by atoms with van der Waals surface area (Å²) in [4.78, 5) is 0. The number of rotatable bonds is 3. The molecule has 2 atom stereocenters. The lowest BCUT2D eigenvalue weighted by Crippen LogP contribution is -2.22. The fourth-order valence-corrected chi connectivity index (χ4v) is 1.75. The van der Waals surface area contributed by atoms with E-state index in [-0.39, 0.29) is 0 Å². The molecule has 0 aromatic heterocycles. The molecule has 0 radical (unpaired) electrons. The molecule has 0 aliphatic carbocycles. The van der Waals surface area contributed by atoms with Crippen molar-refractivity contribution in [2.75, 3.05) is 0 Å². The van der Waals surface area contributed by atoms with Crippen LogP contribution in [0.1, 0.15) is 38.7 Å². The van der Waals surface area contributed by atoms with Crippen molar-refractivity contribution in [1.82, 2.24) is 0 Å². The van der Waals surface area contributed by atoms with Gasteiger partial charge in [-0.3, -0.25) is 0 Å². The van der Waals surface area contributed by atoms with E-state index in [1.165, 1.54) is 12.0 Å². The van der Waals surface area contributed by atoms with Crippen LogP contribution in [0.25, 0.3) is 0 Å². The Morgan fingerprint density at radius 1 is 1.31 bits per heavy atom. The van der Waals surface area contributed by atoms with Crippen molar-refractivity contribution in [2.24, 2.45) is 0 Å². The molecule has 1 aromatic rings. The van der Waals surface area contributed by atoms with Crippen molar-refractivity contribution in [1.29, 1.82) is 0 Å². The minimum absolute atomic E-state index is 0.374. The molecular formula is C12H17I. The molecule has 72 valence electrons. The van der Waals surface area contributed by atoms with Crippen LogP contribution in [0.5, 0.6) is 0 Å². The van der Waals surface area contributed by atoms with E-state index in [9.17, 15) is 0 Å². The van der Waals surface area contributed by atoms with Crippen LogP contribution >= 0.6 is 22.6 Å². The molecular weight excluding hydrogens is 271 g/mol. The highest BCUT2D eigenvalue weighted by Crippen LogP contribution is 2.37. The first kappa shape index (κ1) is 11.0. The summed E-state index contributed by atoms with van der Waals surface area (Å²) in [5, 5.41) is 0. The highest BCUT2D eigenvalue weighted by molar-refractivity contribution is 14.1. The van der Waals surface area contributed by atoms with Crippen LogP contribution in [-0.4, -0.2) is 3.42 Å². The third-order valence-electron chi connectivity index (χ3n) is 2.89. The molecule has 1 heteroatoms. The lowest BCUT2D eigenvalue weighted by Gasteiger charge is -2.28. The lowest BCUT2D eigenvalue weighted by atomic mass is 9.87. The zero-order chi connectivity index (χ0) is 9.90. The molecule has 0 saturated heterocycles. The first-order valence-electron chi connectivity index (χ1n) is 4.82. The maximum atomic E-state index is 2.57. The number of hydrogen-bond acceptors (Lipinski definition) is 0. The molecule has 0 N–H and O–H groups in total. The Labute approximate surface area is 94.9 Å². The third-order valence-corrected chi connectivity index (χ3v) is 4.59. The molecule has 2 unspecified atom stereocenters. The Bertz CT molecular complexity index is 251. The first-order chi connectivity index (χ1) is 6.08. The Balaban J connectivity index is 2.85. The zero-order valence-corrected chi connectivity index (χ0v) is 10.7. The van der Waals surface area contributed by atoms with E-state index in [2.05, 4.69) is 73.7 Å². The van der Waals surface area contributed by atoms with E-state index < -0.39 is 0 Å². The van der Waals surface area contributed by atoms with Crippen molar-refractivity contribution in [2.45, 2.75) is 36.5 Å². The molecule has 0 nitrogen and oxygen atoms in total. The number of hydrogen-bond donors (Lipinski definition) is 0. The summed E-state index contributed by atoms with van der Waals surface area (Å²) in [7, 11) is 0. The Kier molecular flexibility index (Phi) is 3.77. The van der Waals surface area contributed by atoms with Gasteiger partial charge >= 0.3 is 0 Å². The summed E-state index contributed by atoms with van der Waals surface area (Å²) in [6, 6.07) is 10.8. The van der Waals surface area contributed by atoms with Gasteiger partial charge < -0.3 is 0 Å². The van der Waals surface area contributed by atoms with Gasteiger partial charge in [-0.25, -0.2) is 0 Å². The summed E-state index contributed by atoms with van der Waals surface area (Å²) >= 11 is 2.57. The minimum atomic E-state index is 0.374. The van der Waals surface area contributed by atoms with Crippen LogP contribution in [-0.2, 0) is 0 Å². The average molecular weight is 288 g/mol. The van der Waals surface area contributed by atoms with Crippen molar-refractivity contribution in [3.8, 4) is 0 Å². The van der Waals surface area contributed by atoms with Crippen LogP contribution in [0.3, 0.4) is 0 Å². The van der Waals surface area contributed by atoms with Crippen molar-refractivity contribution < 1.29 is 0 Å². The van der Waals surface area contributed by atoms with Gasteiger partial charge in [-0.15, -0.1) is 0 Å². The zero-order valence-electron chi connectivity index (χ0n) is 8.55. The molecule has 0 bridgehead atoms. The molecule has 1 rings (SSSR count). The SMILES string of the molecule is CCC(C)(I)C(C)c1ccccc1. The topological polar surface area (TPSA) is 0 Å². The minimum Gasteiger partial charge on any atom is -0.0785 e. The van der Waals surface area contributed by atoms with Crippen molar-refractivity contribution >= 4 is 22.6 Å². The highest BCUT2D eigenvalue weighted by atomic mass is 127. The molecule has 0 amide bonds. The summed E-state index contributed by atoms with van der Waals surface area (Å²) < 4.78 is 0.374. The van der Waals surface area contributed by atoms with Gasteiger partial charge in [0.15, 0.2) is 0 Å². The van der Waals surface area contributed by atoms with Gasteiger partial charge in [0.05, 0.1) is 0 Å². The lowest BCUT2D eigenvalue weighted by molar-refractivity contribution is 0.551. The number of benzene rings is 1. The van der Waals surface area contributed by atoms with E-state index >= 15 is 0 Å². The summed E-state index contributed by atoms with van der Waals surface area (Å²) in [5.41, 5.74) is 1.45. The van der Waals surface area contributed by atoms with Crippen molar-refractivity contribution in [3.05, 3.63) is 35.9 Å². The van der Waals surface area contributed by atoms with Crippen LogP contribution in [0.4, 0.5) is 0 Å². The molecule has 0 heterocycles. The second-order valence-electron chi connectivity index (χ2n) is 3.76.